The summed E-state index contributed by atoms with van der Waals surface area (Å²) in [5.41, 5.74) is 0.863. The van der Waals surface area contributed by atoms with E-state index in [-0.39, 0.29) is 11.3 Å². The number of aromatic hydroxyl groups is 1. The van der Waals surface area contributed by atoms with Gasteiger partial charge in [0.25, 0.3) is 0 Å². The van der Waals surface area contributed by atoms with Crippen LogP contribution in [0.2, 0.25) is 0 Å². The van der Waals surface area contributed by atoms with Crippen molar-refractivity contribution in [2.45, 2.75) is 0 Å². The van der Waals surface area contributed by atoms with Crippen LogP contribution in [0.1, 0.15) is 10.4 Å². The summed E-state index contributed by atoms with van der Waals surface area (Å²) in [5.74, 6) is -0.0174. The summed E-state index contributed by atoms with van der Waals surface area (Å²) in [6.07, 6.45) is 2.08. The van der Waals surface area contributed by atoms with Gasteiger partial charge in [-0.15, -0.1) is 0 Å². The number of aldehydes is 1. The molecule has 1 N–H and O–H groups in total. The Morgan fingerprint density at radius 2 is 2.17 bits per heavy atom. The number of fused-ring (bicyclic) bond motifs is 1. The fourth-order valence-electron chi connectivity index (χ4n) is 1.14. The maximum Gasteiger partial charge on any atom is 0.153 e. The van der Waals surface area contributed by atoms with Gasteiger partial charge in [-0.2, -0.15) is 0 Å². The van der Waals surface area contributed by atoms with Crippen molar-refractivity contribution in [3.8, 4) is 5.75 Å². The topological polar surface area (TPSA) is 50.4 Å². The zero-order valence-corrected chi connectivity index (χ0v) is 6.15. The van der Waals surface area contributed by atoms with Crippen molar-refractivity contribution in [3.63, 3.8) is 0 Å². The lowest BCUT2D eigenvalue weighted by atomic mass is 10.1. The molecule has 0 saturated carbocycles. The first-order chi connectivity index (χ1) is 5.83. The molecule has 0 aliphatic heterocycles. The molecular formula is C9H6O3. The van der Waals surface area contributed by atoms with Crippen LogP contribution in [-0.2, 0) is 0 Å². The van der Waals surface area contributed by atoms with E-state index < -0.39 is 0 Å². The van der Waals surface area contributed by atoms with Gasteiger partial charge in [0.05, 0.1) is 17.2 Å². The predicted molar refractivity (Wildman–Crippen MR) is 43.3 cm³/mol. The Balaban J connectivity index is 2.86. The monoisotopic (exact) mass is 162 g/mol. The third-order valence-corrected chi connectivity index (χ3v) is 1.76. The molecular weight excluding hydrogens is 156 g/mol. The van der Waals surface area contributed by atoms with Gasteiger partial charge in [0.1, 0.15) is 11.3 Å². The smallest absolute Gasteiger partial charge is 0.153 e. The fourth-order valence-corrected chi connectivity index (χ4v) is 1.14. The molecule has 12 heavy (non-hydrogen) atoms. The Hall–Kier alpha value is -1.77. The Morgan fingerprint density at radius 1 is 1.33 bits per heavy atom. The summed E-state index contributed by atoms with van der Waals surface area (Å²) in [5, 5.41) is 10.0. The molecule has 2 rings (SSSR count). The molecule has 1 aromatic heterocycles. The minimum absolute atomic E-state index is 0.0174. The molecule has 0 fully saturated rings. The molecule has 0 spiro atoms. The summed E-state index contributed by atoms with van der Waals surface area (Å²) < 4.78 is 5.02. The second kappa shape index (κ2) is 2.37. The third-order valence-electron chi connectivity index (χ3n) is 1.76. The summed E-state index contributed by atoms with van der Waals surface area (Å²) >= 11 is 0. The lowest BCUT2D eigenvalue weighted by molar-refractivity contribution is 0.112. The lowest BCUT2D eigenvalue weighted by Crippen LogP contribution is -1.79. The summed E-state index contributed by atoms with van der Waals surface area (Å²) in [6.45, 7) is 0. The highest BCUT2D eigenvalue weighted by Crippen LogP contribution is 2.27. The number of hydrogen-bond donors (Lipinski definition) is 1. The first-order valence-electron chi connectivity index (χ1n) is 3.47. The van der Waals surface area contributed by atoms with Crippen LogP contribution in [0.5, 0.6) is 5.75 Å². The van der Waals surface area contributed by atoms with Crippen molar-refractivity contribution < 1.29 is 14.3 Å². The van der Waals surface area contributed by atoms with Gasteiger partial charge in [-0.3, -0.25) is 4.79 Å². The molecule has 0 unspecified atom stereocenters. The van der Waals surface area contributed by atoms with Crippen LogP contribution >= 0.6 is 0 Å². The standard InChI is InChI=1S/C9H6O3/c10-5-6-1-2-8-7(9(6)11)3-4-12-8/h1-5,11H. The van der Waals surface area contributed by atoms with Crippen molar-refractivity contribution in [2.75, 3.05) is 0 Å². The van der Waals surface area contributed by atoms with E-state index >= 15 is 0 Å². The van der Waals surface area contributed by atoms with Crippen molar-refractivity contribution in [1.82, 2.24) is 0 Å². The summed E-state index contributed by atoms with van der Waals surface area (Å²) in [7, 11) is 0. The molecule has 0 radical (unpaired) electrons. The number of hydrogen-bond acceptors (Lipinski definition) is 3. The number of phenols is 1. The molecule has 1 heterocycles. The Labute approximate surface area is 68.2 Å². The Morgan fingerprint density at radius 3 is 2.92 bits per heavy atom. The first-order valence-corrected chi connectivity index (χ1v) is 3.47. The lowest BCUT2D eigenvalue weighted by Gasteiger charge is -1.96. The normalized spacial score (nSPS) is 10.3. The zero-order chi connectivity index (χ0) is 8.55. The number of carbonyl (C=O) groups excluding carboxylic acids is 1. The molecule has 0 atom stereocenters. The Bertz CT molecular complexity index is 428. The van der Waals surface area contributed by atoms with Crippen molar-refractivity contribution in [2.24, 2.45) is 0 Å². The highest BCUT2D eigenvalue weighted by molar-refractivity contribution is 5.93. The zero-order valence-electron chi connectivity index (χ0n) is 6.15. The minimum Gasteiger partial charge on any atom is -0.506 e. The quantitative estimate of drug-likeness (QED) is 0.652. The Kier molecular flexibility index (Phi) is 1.37. The van der Waals surface area contributed by atoms with Crippen LogP contribution in [-0.4, -0.2) is 11.4 Å². The fraction of sp³-hybridized carbons (Fsp3) is 0. The van der Waals surface area contributed by atoms with E-state index in [9.17, 15) is 9.90 Å². The van der Waals surface area contributed by atoms with Crippen LogP contribution < -0.4 is 0 Å². The number of furan rings is 1. The molecule has 0 amide bonds. The van der Waals surface area contributed by atoms with E-state index in [2.05, 4.69) is 0 Å². The van der Waals surface area contributed by atoms with Gasteiger partial charge in [0.15, 0.2) is 6.29 Å². The van der Waals surface area contributed by atoms with Crippen LogP contribution in [0.4, 0.5) is 0 Å². The highest BCUT2D eigenvalue weighted by Gasteiger charge is 2.06. The van der Waals surface area contributed by atoms with Crippen LogP contribution in [0.3, 0.4) is 0 Å². The second-order valence-electron chi connectivity index (χ2n) is 2.45. The van der Waals surface area contributed by atoms with E-state index in [4.69, 9.17) is 4.42 Å². The van der Waals surface area contributed by atoms with Gasteiger partial charge in [-0.05, 0) is 18.2 Å². The van der Waals surface area contributed by atoms with Gasteiger partial charge in [0, 0.05) is 0 Å². The molecule has 0 aliphatic carbocycles. The summed E-state index contributed by atoms with van der Waals surface area (Å²) in [4.78, 5) is 10.4. The number of benzene rings is 1. The average molecular weight is 162 g/mol. The number of rotatable bonds is 1. The largest absolute Gasteiger partial charge is 0.506 e. The van der Waals surface area contributed by atoms with Gasteiger partial charge in [-0.1, -0.05) is 0 Å². The van der Waals surface area contributed by atoms with Gasteiger partial charge in [0.2, 0.25) is 0 Å². The van der Waals surface area contributed by atoms with E-state index in [1.165, 1.54) is 12.3 Å². The maximum absolute atomic E-state index is 10.4. The molecule has 0 bridgehead atoms. The van der Waals surface area contributed by atoms with Crippen molar-refractivity contribution in [3.05, 3.63) is 30.0 Å². The minimum atomic E-state index is -0.0174. The van der Waals surface area contributed by atoms with Gasteiger partial charge in [-0.25, -0.2) is 0 Å². The van der Waals surface area contributed by atoms with Crippen molar-refractivity contribution in [1.29, 1.82) is 0 Å². The molecule has 0 saturated heterocycles. The SMILES string of the molecule is O=Cc1ccc2occc2c1O. The number of carbonyl (C=O) groups is 1. The third kappa shape index (κ3) is 0.797. The van der Waals surface area contributed by atoms with Crippen LogP contribution in [0.15, 0.2) is 28.9 Å². The second-order valence-corrected chi connectivity index (χ2v) is 2.45. The number of phenolic OH excluding ortho intramolecular Hbond substituents is 1. The van der Waals surface area contributed by atoms with Crippen LogP contribution in [0.25, 0.3) is 11.0 Å². The van der Waals surface area contributed by atoms with Gasteiger partial charge >= 0.3 is 0 Å². The molecule has 3 nitrogen and oxygen atoms in total. The highest BCUT2D eigenvalue weighted by atomic mass is 16.3. The molecule has 60 valence electrons. The molecule has 0 aliphatic rings. The van der Waals surface area contributed by atoms with E-state index in [1.54, 1.807) is 12.1 Å². The maximum atomic E-state index is 10.4. The predicted octanol–water partition coefficient (Wildman–Crippen LogP) is 1.95. The molecule has 2 aromatic rings. The van der Waals surface area contributed by atoms with E-state index in [0.29, 0.717) is 17.3 Å². The molecule has 3 heteroatoms. The average Bonchev–Trinajstić information content (AvgIpc) is 2.53. The molecule has 1 aromatic carbocycles. The van der Waals surface area contributed by atoms with E-state index in [0.717, 1.165) is 0 Å². The van der Waals surface area contributed by atoms with Gasteiger partial charge < -0.3 is 9.52 Å². The van der Waals surface area contributed by atoms with E-state index in [1.807, 2.05) is 0 Å². The van der Waals surface area contributed by atoms with Crippen molar-refractivity contribution >= 4 is 17.3 Å². The van der Waals surface area contributed by atoms with Crippen LogP contribution in [0, 0.1) is 0 Å². The summed E-state index contributed by atoms with van der Waals surface area (Å²) in [6, 6.07) is 4.80. The first kappa shape index (κ1) is 6.91.